The standard InChI is InChI=1S/C14H15NO/c1-15(10-6-3-2-4-7-10)13-11-8-5-9-12(11)14(13)16/h2-8,11-13H,9H2,1H3/t11-,12+,13-/m1/s1. The van der Waals surface area contributed by atoms with Gasteiger partial charge in [-0.2, -0.15) is 0 Å². The van der Waals surface area contributed by atoms with Crippen molar-refractivity contribution in [3.63, 3.8) is 0 Å². The molecule has 1 saturated carbocycles. The van der Waals surface area contributed by atoms with Crippen LogP contribution in [-0.2, 0) is 4.79 Å². The van der Waals surface area contributed by atoms with Gasteiger partial charge in [0, 0.05) is 24.6 Å². The lowest BCUT2D eigenvalue weighted by Gasteiger charge is -2.44. The third-order valence-corrected chi connectivity index (χ3v) is 3.82. The Labute approximate surface area is 95.6 Å². The molecule has 16 heavy (non-hydrogen) atoms. The van der Waals surface area contributed by atoms with Gasteiger partial charge in [0.2, 0.25) is 0 Å². The predicted molar refractivity (Wildman–Crippen MR) is 64.4 cm³/mol. The van der Waals surface area contributed by atoms with Gasteiger partial charge in [0.25, 0.3) is 0 Å². The van der Waals surface area contributed by atoms with E-state index in [-0.39, 0.29) is 12.0 Å². The lowest BCUT2D eigenvalue weighted by Crippen LogP contribution is -2.58. The van der Waals surface area contributed by atoms with Crippen molar-refractivity contribution in [3.05, 3.63) is 42.5 Å². The number of hydrogen-bond acceptors (Lipinski definition) is 2. The van der Waals surface area contributed by atoms with E-state index in [1.807, 2.05) is 25.2 Å². The Morgan fingerprint density at radius 1 is 1.25 bits per heavy atom. The summed E-state index contributed by atoms with van der Waals surface area (Å²) in [6.45, 7) is 0. The summed E-state index contributed by atoms with van der Waals surface area (Å²) in [6.07, 6.45) is 5.30. The van der Waals surface area contributed by atoms with Gasteiger partial charge in [-0.3, -0.25) is 4.79 Å². The van der Waals surface area contributed by atoms with Crippen LogP contribution in [0.15, 0.2) is 42.5 Å². The van der Waals surface area contributed by atoms with E-state index >= 15 is 0 Å². The van der Waals surface area contributed by atoms with Crippen molar-refractivity contribution in [2.24, 2.45) is 11.8 Å². The molecule has 0 aromatic heterocycles. The molecule has 0 saturated heterocycles. The molecule has 2 nitrogen and oxygen atoms in total. The van der Waals surface area contributed by atoms with E-state index < -0.39 is 0 Å². The van der Waals surface area contributed by atoms with Crippen molar-refractivity contribution in [1.82, 2.24) is 0 Å². The van der Waals surface area contributed by atoms with Gasteiger partial charge in [0.05, 0.1) is 6.04 Å². The number of para-hydroxylation sites is 1. The highest BCUT2D eigenvalue weighted by Gasteiger charge is 2.51. The van der Waals surface area contributed by atoms with E-state index in [9.17, 15) is 4.79 Å². The number of Topliss-reactive ketones (excluding diaryl/α,β-unsaturated/α-hetero) is 1. The van der Waals surface area contributed by atoms with Gasteiger partial charge in [0.15, 0.2) is 5.78 Å². The van der Waals surface area contributed by atoms with Crippen LogP contribution in [-0.4, -0.2) is 18.9 Å². The SMILES string of the molecule is CN(c1ccccc1)[C@H]1C(=O)[C@H]2CC=C[C@H]21. The lowest BCUT2D eigenvalue weighted by atomic mass is 9.69. The highest BCUT2D eigenvalue weighted by atomic mass is 16.1. The van der Waals surface area contributed by atoms with Crippen molar-refractivity contribution in [1.29, 1.82) is 0 Å². The number of carbonyl (C=O) groups excluding carboxylic acids is 1. The number of carbonyl (C=O) groups is 1. The van der Waals surface area contributed by atoms with Crippen molar-refractivity contribution in [3.8, 4) is 0 Å². The Balaban J connectivity index is 1.84. The molecule has 0 unspecified atom stereocenters. The van der Waals surface area contributed by atoms with E-state index in [1.165, 1.54) is 0 Å². The van der Waals surface area contributed by atoms with Gasteiger partial charge in [0.1, 0.15) is 0 Å². The molecule has 0 bridgehead atoms. The van der Waals surface area contributed by atoms with Crippen LogP contribution in [0.25, 0.3) is 0 Å². The minimum absolute atomic E-state index is 0.0612. The number of fused-ring (bicyclic) bond motifs is 1. The first-order chi connectivity index (χ1) is 7.79. The second-order valence-electron chi connectivity index (χ2n) is 4.64. The number of anilines is 1. The van der Waals surface area contributed by atoms with E-state index in [4.69, 9.17) is 0 Å². The smallest absolute Gasteiger partial charge is 0.159 e. The molecular weight excluding hydrogens is 198 g/mol. The number of hydrogen-bond donors (Lipinski definition) is 0. The lowest BCUT2D eigenvalue weighted by molar-refractivity contribution is -0.133. The first-order valence-electron chi connectivity index (χ1n) is 5.77. The van der Waals surface area contributed by atoms with Gasteiger partial charge < -0.3 is 4.90 Å². The molecule has 3 atom stereocenters. The molecule has 0 aliphatic heterocycles. The summed E-state index contributed by atoms with van der Waals surface area (Å²) in [5, 5.41) is 0. The molecule has 3 rings (SSSR count). The molecule has 82 valence electrons. The Bertz CT molecular complexity index is 437. The van der Waals surface area contributed by atoms with Crippen LogP contribution >= 0.6 is 0 Å². The van der Waals surface area contributed by atoms with Gasteiger partial charge in [-0.15, -0.1) is 0 Å². The number of likely N-dealkylation sites (N-methyl/N-ethyl adjacent to an activating group) is 1. The Morgan fingerprint density at radius 2 is 2.00 bits per heavy atom. The average Bonchev–Trinajstić information content (AvgIpc) is 2.74. The zero-order chi connectivity index (χ0) is 11.1. The van der Waals surface area contributed by atoms with Crippen LogP contribution < -0.4 is 4.90 Å². The van der Waals surface area contributed by atoms with Crippen LogP contribution in [0.2, 0.25) is 0 Å². The molecule has 0 heterocycles. The molecule has 1 aromatic rings. The fraction of sp³-hybridized carbons (Fsp3) is 0.357. The van der Waals surface area contributed by atoms with Gasteiger partial charge in [-0.05, 0) is 18.6 Å². The maximum Gasteiger partial charge on any atom is 0.159 e. The van der Waals surface area contributed by atoms with Crippen LogP contribution in [0.5, 0.6) is 0 Å². The molecule has 0 spiro atoms. The summed E-state index contributed by atoms with van der Waals surface area (Å²) in [5.41, 5.74) is 1.12. The maximum atomic E-state index is 12.0. The van der Waals surface area contributed by atoms with Crippen LogP contribution in [0.4, 0.5) is 5.69 Å². The van der Waals surface area contributed by atoms with Crippen molar-refractivity contribution in [2.45, 2.75) is 12.5 Å². The molecule has 0 radical (unpaired) electrons. The van der Waals surface area contributed by atoms with E-state index in [0.717, 1.165) is 12.1 Å². The highest BCUT2D eigenvalue weighted by molar-refractivity contribution is 5.97. The largest absolute Gasteiger partial charge is 0.364 e. The molecule has 2 aliphatic rings. The molecule has 1 fully saturated rings. The van der Waals surface area contributed by atoms with Gasteiger partial charge in [-0.25, -0.2) is 0 Å². The topological polar surface area (TPSA) is 20.3 Å². The summed E-state index contributed by atoms with van der Waals surface area (Å²) in [4.78, 5) is 14.1. The molecule has 1 aromatic carbocycles. The van der Waals surface area contributed by atoms with Gasteiger partial charge >= 0.3 is 0 Å². The summed E-state index contributed by atoms with van der Waals surface area (Å²) >= 11 is 0. The van der Waals surface area contributed by atoms with E-state index in [2.05, 4.69) is 29.2 Å². The van der Waals surface area contributed by atoms with Crippen LogP contribution in [0.1, 0.15) is 6.42 Å². The van der Waals surface area contributed by atoms with Crippen molar-refractivity contribution >= 4 is 11.5 Å². The number of nitrogens with zero attached hydrogens (tertiary/aromatic N) is 1. The number of rotatable bonds is 2. The summed E-state index contributed by atoms with van der Waals surface area (Å²) < 4.78 is 0. The predicted octanol–water partition coefficient (Wildman–Crippen LogP) is 2.27. The molecule has 2 heteroatoms. The fourth-order valence-electron chi connectivity index (χ4n) is 2.87. The van der Waals surface area contributed by atoms with Crippen LogP contribution in [0, 0.1) is 11.8 Å². The van der Waals surface area contributed by atoms with E-state index in [1.54, 1.807) is 0 Å². The summed E-state index contributed by atoms with van der Waals surface area (Å²) in [5.74, 6) is 1.12. The Hall–Kier alpha value is -1.57. The quantitative estimate of drug-likeness (QED) is 0.702. The second kappa shape index (κ2) is 3.48. The number of allylic oxidation sites excluding steroid dienone is 1. The third kappa shape index (κ3) is 1.22. The van der Waals surface area contributed by atoms with Gasteiger partial charge in [-0.1, -0.05) is 30.4 Å². The molecule has 0 amide bonds. The number of ketones is 1. The van der Waals surface area contributed by atoms with Crippen molar-refractivity contribution in [2.75, 3.05) is 11.9 Å². The van der Waals surface area contributed by atoms with E-state index in [0.29, 0.717) is 11.7 Å². The average molecular weight is 213 g/mol. The number of benzene rings is 1. The Morgan fingerprint density at radius 3 is 2.75 bits per heavy atom. The molecule has 2 aliphatic carbocycles. The van der Waals surface area contributed by atoms with Crippen molar-refractivity contribution < 1.29 is 4.79 Å². The monoisotopic (exact) mass is 213 g/mol. The van der Waals surface area contributed by atoms with Crippen LogP contribution in [0.3, 0.4) is 0 Å². The maximum absolute atomic E-state index is 12.0. The minimum atomic E-state index is 0.0612. The fourth-order valence-corrected chi connectivity index (χ4v) is 2.87. The molecule has 0 N–H and O–H groups in total. The second-order valence-corrected chi connectivity index (χ2v) is 4.64. The Kier molecular flexibility index (Phi) is 2.10. The normalized spacial score (nSPS) is 31.1. The zero-order valence-electron chi connectivity index (χ0n) is 9.34. The first kappa shape index (κ1) is 9.64. The zero-order valence-corrected chi connectivity index (χ0v) is 9.34. The summed E-state index contributed by atoms with van der Waals surface area (Å²) in [6, 6.07) is 10.2. The highest BCUT2D eigenvalue weighted by Crippen LogP contribution is 2.43. The molecular formula is C14H15NO. The summed E-state index contributed by atoms with van der Waals surface area (Å²) in [7, 11) is 2.01. The minimum Gasteiger partial charge on any atom is -0.364 e. The first-order valence-corrected chi connectivity index (χ1v) is 5.77. The third-order valence-electron chi connectivity index (χ3n) is 3.82.